The zero-order valence-corrected chi connectivity index (χ0v) is 14.6. The molecule has 2 fully saturated rings. The normalized spacial score (nSPS) is 20.2. The van der Waals surface area contributed by atoms with Crippen LogP contribution in [-0.4, -0.2) is 49.2 Å². The standard InChI is InChI=1S/C17H27N5O2/c1-12-3-7-21(8-4-12)15-14(18)16(20-11-19-15)22-9-5-13(6-10-22)17(23)24-2/h11-13H,3-10,18H2,1-2H3. The molecule has 0 aromatic carbocycles. The second-order valence-electron chi connectivity index (χ2n) is 6.89. The Kier molecular flexibility index (Phi) is 5.06. The highest BCUT2D eigenvalue weighted by atomic mass is 16.5. The lowest BCUT2D eigenvalue weighted by atomic mass is 9.97. The Morgan fingerprint density at radius 3 is 2.08 bits per heavy atom. The molecule has 2 saturated heterocycles. The molecule has 132 valence electrons. The Bertz CT molecular complexity index is 578. The molecule has 3 heterocycles. The molecule has 1 aromatic rings. The Morgan fingerprint density at radius 2 is 1.58 bits per heavy atom. The van der Waals surface area contributed by atoms with Gasteiger partial charge in [0.2, 0.25) is 0 Å². The number of nitrogens with zero attached hydrogens (tertiary/aromatic N) is 4. The first kappa shape index (κ1) is 16.8. The Hall–Kier alpha value is -2.05. The number of ether oxygens (including phenoxy) is 1. The maximum atomic E-state index is 11.7. The largest absolute Gasteiger partial charge is 0.469 e. The summed E-state index contributed by atoms with van der Waals surface area (Å²) in [5.74, 6) is 2.27. The Morgan fingerprint density at radius 1 is 1.08 bits per heavy atom. The number of nitrogen functional groups attached to an aromatic ring is 1. The SMILES string of the molecule is COC(=O)C1CCN(c2ncnc(N3CCC(C)CC3)c2N)CC1. The average Bonchev–Trinajstić information content (AvgIpc) is 2.62. The summed E-state index contributed by atoms with van der Waals surface area (Å²) < 4.78 is 4.85. The molecule has 7 heteroatoms. The maximum absolute atomic E-state index is 11.7. The summed E-state index contributed by atoms with van der Waals surface area (Å²) in [5, 5.41) is 0. The van der Waals surface area contributed by atoms with Crippen LogP contribution >= 0.6 is 0 Å². The summed E-state index contributed by atoms with van der Waals surface area (Å²) in [5.41, 5.74) is 7.06. The number of anilines is 3. The summed E-state index contributed by atoms with van der Waals surface area (Å²) in [6.07, 6.45) is 5.48. The fraction of sp³-hybridized carbons (Fsp3) is 0.706. The van der Waals surface area contributed by atoms with Crippen molar-refractivity contribution in [1.82, 2.24) is 9.97 Å². The second-order valence-corrected chi connectivity index (χ2v) is 6.89. The Labute approximate surface area is 143 Å². The van der Waals surface area contributed by atoms with E-state index >= 15 is 0 Å². The van der Waals surface area contributed by atoms with E-state index in [4.69, 9.17) is 10.5 Å². The summed E-state index contributed by atoms with van der Waals surface area (Å²) in [6, 6.07) is 0. The summed E-state index contributed by atoms with van der Waals surface area (Å²) >= 11 is 0. The number of nitrogens with two attached hydrogens (primary N) is 1. The van der Waals surface area contributed by atoms with Gasteiger partial charge in [-0.25, -0.2) is 9.97 Å². The number of carbonyl (C=O) groups is 1. The third-order valence-corrected chi connectivity index (χ3v) is 5.25. The average molecular weight is 333 g/mol. The van der Waals surface area contributed by atoms with Crippen LogP contribution in [0.1, 0.15) is 32.6 Å². The third kappa shape index (κ3) is 3.39. The molecule has 24 heavy (non-hydrogen) atoms. The predicted molar refractivity (Wildman–Crippen MR) is 94.0 cm³/mol. The molecule has 2 N–H and O–H groups in total. The molecule has 0 saturated carbocycles. The van der Waals surface area contributed by atoms with Crippen LogP contribution in [0.25, 0.3) is 0 Å². The van der Waals surface area contributed by atoms with E-state index in [2.05, 4.69) is 26.7 Å². The molecule has 1 aromatic heterocycles. The van der Waals surface area contributed by atoms with Gasteiger partial charge in [-0.15, -0.1) is 0 Å². The molecular formula is C17H27N5O2. The maximum Gasteiger partial charge on any atom is 0.308 e. The van der Waals surface area contributed by atoms with Gasteiger partial charge in [0, 0.05) is 26.2 Å². The van der Waals surface area contributed by atoms with Gasteiger partial charge in [-0.3, -0.25) is 4.79 Å². The van der Waals surface area contributed by atoms with Crippen LogP contribution in [-0.2, 0) is 9.53 Å². The van der Waals surface area contributed by atoms with E-state index in [1.807, 2.05) is 0 Å². The molecule has 0 unspecified atom stereocenters. The van der Waals surface area contributed by atoms with Gasteiger partial charge in [0.25, 0.3) is 0 Å². The van der Waals surface area contributed by atoms with Gasteiger partial charge >= 0.3 is 5.97 Å². The lowest BCUT2D eigenvalue weighted by Gasteiger charge is -2.35. The fourth-order valence-corrected chi connectivity index (χ4v) is 3.60. The molecule has 0 bridgehead atoms. The third-order valence-electron chi connectivity index (χ3n) is 5.25. The number of methoxy groups -OCH3 is 1. The van der Waals surface area contributed by atoms with Crippen molar-refractivity contribution in [3.05, 3.63) is 6.33 Å². The van der Waals surface area contributed by atoms with Gasteiger partial charge in [-0.1, -0.05) is 6.92 Å². The lowest BCUT2D eigenvalue weighted by molar-refractivity contribution is -0.146. The Balaban J connectivity index is 1.71. The molecule has 3 rings (SSSR count). The highest BCUT2D eigenvalue weighted by Gasteiger charge is 2.28. The zero-order valence-electron chi connectivity index (χ0n) is 14.6. The van der Waals surface area contributed by atoms with E-state index in [1.54, 1.807) is 6.33 Å². The van der Waals surface area contributed by atoms with Crippen LogP contribution in [0.15, 0.2) is 6.33 Å². The molecule has 2 aliphatic heterocycles. The van der Waals surface area contributed by atoms with Gasteiger partial charge in [-0.05, 0) is 31.6 Å². The van der Waals surface area contributed by atoms with Gasteiger partial charge in [-0.2, -0.15) is 0 Å². The molecule has 0 atom stereocenters. The zero-order chi connectivity index (χ0) is 17.1. The van der Waals surface area contributed by atoms with Gasteiger partial charge in [0.1, 0.15) is 12.0 Å². The minimum atomic E-state index is -0.117. The topological polar surface area (TPSA) is 84.6 Å². The molecule has 0 amide bonds. The number of rotatable bonds is 3. The summed E-state index contributed by atoms with van der Waals surface area (Å²) in [6.45, 7) is 5.80. The molecular weight excluding hydrogens is 306 g/mol. The fourth-order valence-electron chi connectivity index (χ4n) is 3.60. The smallest absolute Gasteiger partial charge is 0.308 e. The quantitative estimate of drug-likeness (QED) is 0.842. The van der Waals surface area contributed by atoms with Crippen LogP contribution in [0.4, 0.5) is 17.3 Å². The van der Waals surface area contributed by atoms with E-state index in [0.29, 0.717) is 5.69 Å². The highest BCUT2D eigenvalue weighted by Crippen LogP contribution is 2.33. The van der Waals surface area contributed by atoms with E-state index in [0.717, 1.165) is 56.6 Å². The van der Waals surface area contributed by atoms with Gasteiger partial charge in [0.15, 0.2) is 11.6 Å². The minimum Gasteiger partial charge on any atom is -0.469 e. The van der Waals surface area contributed by atoms with E-state index < -0.39 is 0 Å². The number of hydrogen-bond donors (Lipinski definition) is 1. The van der Waals surface area contributed by atoms with Crippen LogP contribution in [0, 0.1) is 11.8 Å². The number of hydrogen-bond acceptors (Lipinski definition) is 7. The lowest BCUT2D eigenvalue weighted by Crippen LogP contribution is -2.38. The van der Waals surface area contributed by atoms with E-state index in [9.17, 15) is 4.79 Å². The van der Waals surface area contributed by atoms with Gasteiger partial charge in [0.05, 0.1) is 13.0 Å². The van der Waals surface area contributed by atoms with Crippen molar-refractivity contribution in [3.8, 4) is 0 Å². The first-order chi connectivity index (χ1) is 11.6. The molecule has 0 radical (unpaired) electrons. The van der Waals surface area contributed by atoms with Crippen LogP contribution in [0.3, 0.4) is 0 Å². The van der Waals surface area contributed by atoms with Crippen molar-refractivity contribution in [2.24, 2.45) is 11.8 Å². The number of esters is 1. The van der Waals surface area contributed by atoms with Gasteiger partial charge < -0.3 is 20.3 Å². The van der Waals surface area contributed by atoms with E-state index in [-0.39, 0.29) is 11.9 Å². The van der Waals surface area contributed by atoms with Crippen molar-refractivity contribution in [2.75, 3.05) is 48.8 Å². The van der Waals surface area contributed by atoms with Crippen molar-refractivity contribution >= 4 is 23.3 Å². The van der Waals surface area contributed by atoms with Crippen molar-refractivity contribution in [3.63, 3.8) is 0 Å². The number of aromatic nitrogens is 2. The molecule has 0 spiro atoms. The molecule has 0 aliphatic carbocycles. The highest BCUT2D eigenvalue weighted by molar-refractivity contribution is 5.77. The van der Waals surface area contributed by atoms with Crippen molar-refractivity contribution < 1.29 is 9.53 Å². The number of carbonyl (C=O) groups excluding carboxylic acids is 1. The molecule has 2 aliphatic rings. The molecule has 7 nitrogen and oxygen atoms in total. The monoisotopic (exact) mass is 333 g/mol. The van der Waals surface area contributed by atoms with E-state index in [1.165, 1.54) is 20.0 Å². The second kappa shape index (κ2) is 7.23. The van der Waals surface area contributed by atoms with Crippen LogP contribution < -0.4 is 15.5 Å². The van der Waals surface area contributed by atoms with Crippen molar-refractivity contribution in [1.29, 1.82) is 0 Å². The minimum absolute atomic E-state index is 0.0163. The summed E-state index contributed by atoms with van der Waals surface area (Å²) in [4.78, 5) is 24.9. The first-order valence-electron chi connectivity index (χ1n) is 8.78. The predicted octanol–water partition coefficient (Wildman–Crippen LogP) is 1.68. The summed E-state index contributed by atoms with van der Waals surface area (Å²) in [7, 11) is 1.45. The van der Waals surface area contributed by atoms with Crippen LogP contribution in [0.5, 0.6) is 0 Å². The number of piperidine rings is 2. The first-order valence-corrected chi connectivity index (χ1v) is 8.78. The van der Waals surface area contributed by atoms with Crippen molar-refractivity contribution in [2.45, 2.75) is 32.6 Å². The van der Waals surface area contributed by atoms with Crippen LogP contribution in [0.2, 0.25) is 0 Å².